The van der Waals surface area contributed by atoms with Crippen LogP contribution < -0.4 is 11.1 Å². The SMILES string of the molecule is CCC(C)C(CC1CCNCC1)n1cc([C@@H](N)Cc2ccc(O)cc2)nn1. The number of nitrogens with one attached hydrogen (secondary N) is 1. The Balaban J connectivity index is 1.69. The van der Waals surface area contributed by atoms with Crippen LogP contribution in [-0.4, -0.2) is 33.2 Å². The molecule has 1 aliphatic heterocycles. The molecule has 0 radical (unpaired) electrons. The summed E-state index contributed by atoms with van der Waals surface area (Å²) in [7, 11) is 0. The average molecular weight is 372 g/mol. The summed E-state index contributed by atoms with van der Waals surface area (Å²) in [5.74, 6) is 1.58. The van der Waals surface area contributed by atoms with Crippen molar-refractivity contribution in [2.45, 2.75) is 58.0 Å². The first-order valence-electron chi connectivity index (χ1n) is 10.2. The zero-order valence-electron chi connectivity index (χ0n) is 16.5. The van der Waals surface area contributed by atoms with Crippen molar-refractivity contribution in [3.05, 3.63) is 41.7 Å². The zero-order chi connectivity index (χ0) is 19.2. The smallest absolute Gasteiger partial charge is 0.115 e. The van der Waals surface area contributed by atoms with E-state index in [1.807, 2.05) is 18.3 Å². The van der Waals surface area contributed by atoms with Crippen molar-refractivity contribution in [1.82, 2.24) is 20.3 Å². The first kappa shape index (κ1) is 19.8. The molecule has 0 aliphatic carbocycles. The highest BCUT2D eigenvalue weighted by Gasteiger charge is 2.25. The molecule has 4 N–H and O–H groups in total. The Hall–Kier alpha value is -1.92. The normalized spacial score (nSPS) is 18.9. The van der Waals surface area contributed by atoms with E-state index in [1.165, 1.54) is 12.8 Å². The Morgan fingerprint density at radius 2 is 1.96 bits per heavy atom. The summed E-state index contributed by atoms with van der Waals surface area (Å²) in [6.45, 7) is 6.80. The lowest BCUT2D eigenvalue weighted by Crippen LogP contribution is -2.30. The van der Waals surface area contributed by atoms with Crippen molar-refractivity contribution in [2.75, 3.05) is 13.1 Å². The fraction of sp³-hybridized carbons (Fsp3) is 0.619. The Kier molecular flexibility index (Phi) is 6.85. The average Bonchev–Trinajstić information content (AvgIpc) is 3.18. The first-order chi connectivity index (χ1) is 13.1. The van der Waals surface area contributed by atoms with Crippen LogP contribution in [0.4, 0.5) is 0 Å². The van der Waals surface area contributed by atoms with Crippen molar-refractivity contribution in [2.24, 2.45) is 17.6 Å². The monoisotopic (exact) mass is 371 g/mol. The molecule has 1 aromatic carbocycles. The van der Waals surface area contributed by atoms with Gasteiger partial charge < -0.3 is 16.2 Å². The lowest BCUT2D eigenvalue weighted by Gasteiger charge is -2.30. The molecule has 6 heteroatoms. The maximum atomic E-state index is 9.42. The molecular formula is C21H33N5O. The molecule has 3 rings (SSSR count). The number of nitrogens with zero attached hydrogens (tertiary/aromatic N) is 3. The summed E-state index contributed by atoms with van der Waals surface area (Å²) in [6, 6.07) is 7.37. The van der Waals surface area contributed by atoms with Crippen LogP contribution in [-0.2, 0) is 6.42 Å². The molecule has 1 aliphatic rings. The Labute approximate surface area is 162 Å². The summed E-state index contributed by atoms with van der Waals surface area (Å²) in [6.07, 6.45) is 7.50. The van der Waals surface area contributed by atoms with E-state index in [0.29, 0.717) is 18.4 Å². The Morgan fingerprint density at radius 3 is 2.63 bits per heavy atom. The molecule has 2 heterocycles. The van der Waals surface area contributed by atoms with Crippen LogP contribution in [0.5, 0.6) is 5.75 Å². The fourth-order valence-corrected chi connectivity index (χ4v) is 3.94. The summed E-state index contributed by atoms with van der Waals surface area (Å²) in [4.78, 5) is 0. The third-order valence-electron chi connectivity index (χ3n) is 5.97. The van der Waals surface area contributed by atoms with Gasteiger partial charge in [0, 0.05) is 0 Å². The van der Waals surface area contributed by atoms with E-state index in [-0.39, 0.29) is 11.8 Å². The molecule has 0 spiro atoms. The third-order valence-corrected chi connectivity index (χ3v) is 5.97. The molecular weight excluding hydrogens is 338 g/mol. The van der Waals surface area contributed by atoms with Gasteiger partial charge in [0.05, 0.1) is 24.0 Å². The van der Waals surface area contributed by atoms with Gasteiger partial charge in [-0.2, -0.15) is 0 Å². The van der Waals surface area contributed by atoms with Gasteiger partial charge >= 0.3 is 0 Å². The van der Waals surface area contributed by atoms with Crippen LogP contribution >= 0.6 is 0 Å². The summed E-state index contributed by atoms with van der Waals surface area (Å²) in [5, 5.41) is 21.7. The molecule has 3 atom stereocenters. The molecule has 0 amide bonds. The Morgan fingerprint density at radius 1 is 1.26 bits per heavy atom. The van der Waals surface area contributed by atoms with Crippen LogP contribution in [0.2, 0.25) is 0 Å². The van der Waals surface area contributed by atoms with Crippen molar-refractivity contribution in [3.8, 4) is 5.75 Å². The van der Waals surface area contributed by atoms with Crippen LogP contribution in [0.25, 0.3) is 0 Å². The van der Waals surface area contributed by atoms with E-state index in [4.69, 9.17) is 5.73 Å². The van der Waals surface area contributed by atoms with Crippen molar-refractivity contribution >= 4 is 0 Å². The highest BCUT2D eigenvalue weighted by atomic mass is 16.3. The number of rotatable bonds is 8. The summed E-state index contributed by atoms with van der Waals surface area (Å²) >= 11 is 0. The number of hydrogen-bond donors (Lipinski definition) is 3. The van der Waals surface area contributed by atoms with E-state index in [1.54, 1.807) is 12.1 Å². The topological polar surface area (TPSA) is 89.0 Å². The number of aromatic nitrogens is 3. The van der Waals surface area contributed by atoms with Crippen LogP contribution in [0.15, 0.2) is 30.5 Å². The maximum absolute atomic E-state index is 9.42. The number of nitrogens with two attached hydrogens (primary N) is 1. The summed E-state index contributed by atoms with van der Waals surface area (Å²) in [5.41, 5.74) is 8.31. The minimum absolute atomic E-state index is 0.195. The quantitative estimate of drug-likeness (QED) is 0.663. The van der Waals surface area contributed by atoms with Gasteiger partial charge in [0.2, 0.25) is 0 Å². The predicted molar refractivity (Wildman–Crippen MR) is 107 cm³/mol. The lowest BCUT2D eigenvalue weighted by molar-refractivity contribution is 0.226. The number of piperidine rings is 1. The molecule has 6 nitrogen and oxygen atoms in total. The second-order valence-corrected chi connectivity index (χ2v) is 7.98. The highest BCUT2D eigenvalue weighted by Crippen LogP contribution is 2.31. The lowest BCUT2D eigenvalue weighted by atomic mass is 9.85. The van der Waals surface area contributed by atoms with E-state index in [2.05, 4.69) is 34.2 Å². The van der Waals surface area contributed by atoms with Gasteiger partial charge in [-0.05, 0) is 68.3 Å². The fourth-order valence-electron chi connectivity index (χ4n) is 3.94. The molecule has 1 saturated heterocycles. The van der Waals surface area contributed by atoms with E-state index >= 15 is 0 Å². The van der Waals surface area contributed by atoms with Crippen LogP contribution in [0, 0.1) is 11.8 Å². The minimum Gasteiger partial charge on any atom is -0.508 e. The number of phenolic OH excluding ortho intramolecular Hbond substituents is 1. The number of hydrogen-bond acceptors (Lipinski definition) is 5. The van der Waals surface area contributed by atoms with Crippen molar-refractivity contribution < 1.29 is 5.11 Å². The third kappa shape index (κ3) is 5.30. The molecule has 1 aromatic heterocycles. The van der Waals surface area contributed by atoms with Crippen molar-refractivity contribution in [1.29, 1.82) is 0 Å². The minimum atomic E-state index is -0.195. The zero-order valence-corrected chi connectivity index (χ0v) is 16.5. The van der Waals surface area contributed by atoms with Gasteiger partial charge in [0.25, 0.3) is 0 Å². The molecule has 1 fully saturated rings. The van der Waals surface area contributed by atoms with Gasteiger partial charge in [-0.25, -0.2) is 4.68 Å². The van der Waals surface area contributed by atoms with Crippen LogP contribution in [0.3, 0.4) is 0 Å². The van der Waals surface area contributed by atoms with Gasteiger partial charge in [0.15, 0.2) is 0 Å². The number of aromatic hydroxyl groups is 1. The number of benzene rings is 1. The largest absolute Gasteiger partial charge is 0.508 e. The standard InChI is InChI=1S/C21H33N5O/c1-3-15(2)21(13-17-8-10-23-11-9-17)26-14-20(24-25-26)19(22)12-16-4-6-18(27)7-5-16/h4-7,14-15,17,19,21,23,27H,3,8-13,22H2,1-2H3/t15?,19-,21?/m0/s1. The van der Waals surface area contributed by atoms with E-state index in [0.717, 1.165) is 43.1 Å². The van der Waals surface area contributed by atoms with Gasteiger partial charge in [-0.15, -0.1) is 5.10 Å². The van der Waals surface area contributed by atoms with E-state index in [9.17, 15) is 5.11 Å². The van der Waals surface area contributed by atoms with E-state index < -0.39 is 0 Å². The van der Waals surface area contributed by atoms with Crippen molar-refractivity contribution in [3.63, 3.8) is 0 Å². The van der Waals surface area contributed by atoms with Gasteiger partial charge in [-0.3, -0.25) is 0 Å². The first-order valence-corrected chi connectivity index (χ1v) is 10.2. The second-order valence-electron chi connectivity index (χ2n) is 7.98. The highest BCUT2D eigenvalue weighted by molar-refractivity contribution is 5.27. The van der Waals surface area contributed by atoms with Crippen LogP contribution in [0.1, 0.15) is 62.9 Å². The maximum Gasteiger partial charge on any atom is 0.115 e. The molecule has 148 valence electrons. The van der Waals surface area contributed by atoms with Gasteiger partial charge in [-0.1, -0.05) is 37.6 Å². The molecule has 2 aromatic rings. The molecule has 2 unspecified atom stereocenters. The molecule has 0 saturated carbocycles. The predicted octanol–water partition coefficient (Wildman–Crippen LogP) is 3.20. The molecule has 0 bridgehead atoms. The number of phenols is 1. The Bertz CT molecular complexity index is 693. The summed E-state index contributed by atoms with van der Waals surface area (Å²) < 4.78 is 2.06. The molecule has 27 heavy (non-hydrogen) atoms. The second kappa shape index (κ2) is 9.33. The van der Waals surface area contributed by atoms with Gasteiger partial charge in [0.1, 0.15) is 5.75 Å².